The Bertz CT molecular complexity index is 423. The Morgan fingerprint density at radius 3 is 2.81 bits per heavy atom. The second kappa shape index (κ2) is 5.60. The lowest BCUT2D eigenvalue weighted by atomic mass is 10.2. The van der Waals surface area contributed by atoms with Crippen molar-refractivity contribution in [2.45, 2.75) is 12.7 Å². The molecule has 0 spiro atoms. The van der Waals surface area contributed by atoms with E-state index in [1.165, 1.54) is 36.9 Å². The molecular weight excluding hydrogens is 233 g/mol. The van der Waals surface area contributed by atoms with Gasteiger partial charge in [0.15, 0.2) is 0 Å². The lowest BCUT2D eigenvalue weighted by molar-refractivity contribution is -0.385. The standard InChI is InChI=1S/C10H10FNO3S/c1-7(13)5-16-6-8-9(11)3-2-4-10(8)12(14)15/h2-4H,5-6H2,1H3. The van der Waals surface area contributed by atoms with E-state index in [2.05, 4.69) is 0 Å². The number of nitro groups is 1. The molecule has 1 rings (SSSR count). The van der Waals surface area contributed by atoms with E-state index in [1.54, 1.807) is 0 Å². The smallest absolute Gasteiger partial charge is 0.276 e. The fourth-order valence-corrected chi connectivity index (χ4v) is 2.04. The van der Waals surface area contributed by atoms with E-state index in [0.29, 0.717) is 0 Å². The van der Waals surface area contributed by atoms with Crippen molar-refractivity contribution in [2.75, 3.05) is 5.75 Å². The van der Waals surface area contributed by atoms with E-state index in [1.807, 2.05) is 0 Å². The summed E-state index contributed by atoms with van der Waals surface area (Å²) in [6, 6.07) is 3.73. The lowest BCUT2D eigenvalue weighted by Crippen LogP contribution is -1.99. The predicted octanol–water partition coefficient (Wildman–Crippen LogP) is 2.56. The van der Waals surface area contributed by atoms with Gasteiger partial charge in [-0.2, -0.15) is 0 Å². The molecule has 0 saturated carbocycles. The van der Waals surface area contributed by atoms with Gasteiger partial charge in [-0.15, -0.1) is 11.8 Å². The highest BCUT2D eigenvalue weighted by atomic mass is 32.2. The summed E-state index contributed by atoms with van der Waals surface area (Å²) in [5.41, 5.74) is -0.199. The van der Waals surface area contributed by atoms with Crippen LogP contribution in [0.4, 0.5) is 10.1 Å². The number of Topliss-reactive ketones (excluding diaryl/α,β-unsaturated/α-hetero) is 1. The number of hydrogen-bond acceptors (Lipinski definition) is 4. The molecule has 0 bridgehead atoms. The van der Waals surface area contributed by atoms with Crippen molar-refractivity contribution in [1.29, 1.82) is 0 Å². The zero-order valence-electron chi connectivity index (χ0n) is 8.60. The molecule has 0 saturated heterocycles. The second-order valence-electron chi connectivity index (χ2n) is 3.19. The van der Waals surface area contributed by atoms with Crippen LogP contribution in [0.1, 0.15) is 12.5 Å². The van der Waals surface area contributed by atoms with E-state index in [0.717, 1.165) is 0 Å². The Labute approximate surface area is 96.0 Å². The van der Waals surface area contributed by atoms with Gasteiger partial charge in [-0.3, -0.25) is 14.9 Å². The number of nitro benzene ring substituents is 1. The monoisotopic (exact) mass is 243 g/mol. The summed E-state index contributed by atoms with van der Waals surface area (Å²) in [6.45, 7) is 1.42. The van der Waals surface area contributed by atoms with Gasteiger partial charge in [0.2, 0.25) is 0 Å². The number of hydrogen-bond donors (Lipinski definition) is 0. The molecule has 0 unspecified atom stereocenters. The van der Waals surface area contributed by atoms with Gasteiger partial charge >= 0.3 is 0 Å². The molecule has 1 aromatic rings. The molecule has 0 aliphatic heterocycles. The Balaban J connectivity index is 2.84. The molecule has 1 aromatic carbocycles. The van der Waals surface area contributed by atoms with Gasteiger partial charge in [0.05, 0.1) is 16.2 Å². The van der Waals surface area contributed by atoms with Gasteiger partial charge in [-0.25, -0.2) is 4.39 Å². The number of benzene rings is 1. The van der Waals surface area contributed by atoms with Gasteiger partial charge in [0.25, 0.3) is 5.69 Å². The molecule has 0 radical (unpaired) electrons. The number of carbonyl (C=O) groups excluding carboxylic acids is 1. The fraction of sp³-hybridized carbons (Fsp3) is 0.300. The number of ketones is 1. The molecule has 0 aliphatic rings. The summed E-state index contributed by atoms with van der Waals surface area (Å²) in [6.07, 6.45) is 0. The summed E-state index contributed by atoms with van der Waals surface area (Å²) < 4.78 is 13.3. The molecule has 16 heavy (non-hydrogen) atoms. The van der Waals surface area contributed by atoms with Crippen molar-refractivity contribution in [3.8, 4) is 0 Å². The zero-order chi connectivity index (χ0) is 12.1. The first kappa shape index (κ1) is 12.6. The van der Waals surface area contributed by atoms with Gasteiger partial charge in [0.1, 0.15) is 11.6 Å². The number of carbonyl (C=O) groups is 1. The minimum Gasteiger partial charge on any atom is -0.299 e. The van der Waals surface area contributed by atoms with E-state index in [9.17, 15) is 19.3 Å². The van der Waals surface area contributed by atoms with Gasteiger partial charge in [0, 0.05) is 11.8 Å². The first-order chi connectivity index (χ1) is 7.52. The summed E-state index contributed by atoms with van der Waals surface area (Å²) in [4.78, 5) is 20.7. The van der Waals surface area contributed by atoms with Crippen molar-refractivity contribution < 1.29 is 14.1 Å². The topological polar surface area (TPSA) is 60.2 Å². The normalized spacial score (nSPS) is 10.1. The Morgan fingerprint density at radius 1 is 1.56 bits per heavy atom. The first-order valence-corrected chi connectivity index (χ1v) is 5.67. The highest BCUT2D eigenvalue weighted by Gasteiger charge is 2.17. The summed E-state index contributed by atoms with van der Waals surface area (Å²) in [5, 5.41) is 10.6. The van der Waals surface area contributed by atoms with Crippen molar-refractivity contribution in [3.05, 3.63) is 39.7 Å². The van der Waals surface area contributed by atoms with Crippen LogP contribution < -0.4 is 0 Å². The Hall–Kier alpha value is -1.43. The largest absolute Gasteiger partial charge is 0.299 e. The van der Waals surface area contributed by atoms with Gasteiger partial charge in [-0.05, 0) is 13.0 Å². The summed E-state index contributed by atoms with van der Waals surface area (Å²) >= 11 is 1.17. The molecule has 86 valence electrons. The van der Waals surface area contributed by atoms with Crippen LogP contribution in [-0.2, 0) is 10.5 Å². The maximum atomic E-state index is 13.3. The van der Waals surface area contributed by atoms with Crippen LogP contribution in [0.25, 0.3) is 0 Å². The maximum absolute atomic E-state index is 13.3. The molecular formula is C10H10FNO3S. The third kappa shape index (κ3) is 3.30. The van der Waals surface area contributed by atoms with Crippen molar-refractivity contribution >= 4 is 23.2 Å². The first-order valence-electron chi connectivity index (χ1n) is 4.51. The number of rotatable bonds is 5. The Morgan fingerprint density at radius 2 is 2.25 bits per heavy atom. The van der Waals surface area contributed by atoms with Crippen LogP contribution in [0.3, 0.4) is 0 Å². The molecule has 0 amide bonds. The summed E-state index contributed by atoms with van der Waals surface area (Å²) in [7, 11) is 0. The third-order valence-corrected chi connectivity index (χ3v) is 2.95. The van der Waals surface area contributed by atoms with E-state index < -0.39 is 10.7 Å². The average Bonchev–Trinajstić information content (AvgIpc) is 2.19. The molecule has 0 atom stereocenters. The molecule has 4 nitrogen and oxygen atoms in total. The highest BCUT2D eigenvalue weighted by molar-refractivity contribution is 7.99. The third-order valence-electron chi connectivity index (χ3n) is 1.84. The van der Waals surface area contributed by atoms with Gasteiger partial charge < -0.3 is 0 Å². The quantitative estimate of drug-likeness (QED) is 0.589. The number of halogens is 1. The maximum Gasteiger partial charge on any atom is 0.276 e. The number of thioether (sulfide) groups is 1. The van der Waals surface area contributed by atoms with Crippen molar-refractivity contribution in [2.24, 2.45) is 0 Å². The predicted molar refractivity (Wildman–Crippen MR) is 59.9 cm³/mol. The van der Waals surface area contributed by atoms with Crippen LogP contribution in [0, 0.1) is 15.9 Å². The van der Waals surface area contributed by atoms with Crippen LogP contribution in [0.2, 0.25) is 0 Å². The van der Waals surface area contributed by atoms with E-state index in [4.69, 9.17) is 0 Å². The average molecular weight is 243 g/mol. The molecule has 0 N–H and O–H groups in total. The number of nitrogens with zero attached hydrogens (tertiary/aromatic N) is 1. The lowest BCUT2D eigenvalue weighted by Gasteiger charge is -2.03. The van der Waals surface area contributed by atoms with Gasteiger partial charge in [-0.1, -0.05) is 6.07 Å². The van der Waals surface area contributed by atoms with Crippen LogP contribution in [0.15, 0.2) is 18.2 Å². The SMILES string of the molecule is CC(=O)CSCc1c(F)cccc1[N+](=O)[O-]. The highest BCUT2D eigenvalue weighted by Crippen LogP contribution is 2.25. The zero-order valence-corrected chi connectivity index (χ0v) is 9.42. The van der Waals surface area contributed by atoms with Crippen LogP contribution in [0.5, 0.6) is 0 Å². The summed E-state index contributed by atoms with van der Waals surface area (Å²) in [5.74, 6) is -0.289. The van der Waals surface area contributed by atoms with Crippen LogP contribution in [-0.4, -0.2) is 16.5 Å². The fourth-order valence-electron chi connectivity index (χ4n) is 1.16. The van der Waals surface area contributed by atoms with E-state index in [-0.39, 0.29) is 28.5 Å². The minimum absolute atomic E-state index is 0.0380. The van der Waals surface area contributed by atoms with E-state index >= 15 is 0 Å². The second-order valence-corrected chi connectivity index (χ2v) is 4.18. The van der Waals surface area contributed by atoms with Crippen molar-refractivity contribution in [1.82, 2.24) is 0 Å². The molecule has 6 heteroatoms. The Kier molecular flexibility index (Phi) is 4.42. The molecule has 0 aliphatic carbocycles. The van der Waals surface area contributed by atoms with Crippen LogP contribution >= 0.6 is 11.8 Å². The molecule has 0 heterocycles. The molecule has 0 aromatic heterocycles. The molecule has 0 fully saturated rings. The minimum atomic E-state index is -0.618. The van der Waals surface area contributed by atoms with Crippen molar-refractivity contribution in [3.63, 3.8) is 0 Å².